The van der Waals surface area contributed by atoms with Crippen molar-refractivity contribution >= 4 is 17.0 Å². The van der Waals surface area contributed by atoms with Crippen molar-refractivity contribution in [3.8, 4) is 0 Å². The third-order valence-corrected chi connectivity index (χ3v) is 2.81. The fourth-order valence-corrected chi connectivity index (χ4v) is 2.04. The zero-order valence-corrected chi connectivity index (χ0v) is 11.3. The van der Waals surface area contributed by atoms with Crippen LogP contribution in [0.25, 0.3) is 11.2 Å². The fourth-order valence-electron chi connectivity index (χ4n) is 2.04. The molecule has 0 saturated heterocycles. The van der Waals surface area contributed by atoms with Gasteiger partial charge in [0.05, 0.1) is 6.33 Å². The summed E-state index contributed by atoms with van der Waals surface area (Å²) in [7, 11) is 0. The number of hydrogen-bond donors (Lipinski definition) is 1. The second kappa shape index (κ2) is 5.64. The van der Waals surface area contributed by atoms with Gasteiger partial charge in [-0.05, 0) is 12.8 Å². The molecule has 0 spiro atoms. The van der Waals surface area contributed by atoms with Gasteiger partial charge in [-0.15, -0.1) is 0 Å². The van der Waals surface area contributed by atoms with E-state index >= 15 is 0 Å². The van der Waals surface area contributed by atoms with E-state index in [1.54, 1.807) is 0 Å². The molecule has 0 aliphatic rings. The molecule has 20 heavy (non-hydrogen) atoms. The number of imidazole rings is 1. The van der Waals surface area contributed by atoms with Crippen LogP contribution in [0.4, 0.5) is 19.0 Å². The maximum Gasteiger partial charge on any atom is 0.451 e. The number of halogens is 3. The molecule has 0 fully saturated rings. The lowest BCUT2D eigenvalue weighted by Gasteiger charge is -2.23. The van der Waals surface area contributed by atoms with Gasteiger partial charge in [0.1, 0.15) is 5.52 Å². The molecule has 0 saturated carbocycles. The highest BCUT2D eigenvalue weighted by molar-refractivity contribution is 5.83. The third-order valence-electron chi connectivity index (χ3n) is 2.81. The topological polar surface area (TPSA) is 57.7 Å². The van der Waals surface area contributed by atoms with Crippen LogP contribution in [0.3, 0.4) is 0 Å². The highest BCUT2D eigenvalue weighted by atomic mass is 19.4. The number of nitrogens with one attached hydrogen (secondary N) is 1. The summed E-state index contributed by atoms with van der Waals surface area (Å²) >= 11 is 0. The molecular weight excluding hydrogens is 271 g/mol. The Morgan fingerprint density at radius 2 is 1.80 bits per heavy atom. The van der Waals surface area contributed by atoms with Gasteiger partial charge in [0.25, 0.3) is 0 Å². The lowest BCUT2D eigenvalue weighted by atomic mass is 10.3. The summed E-state index contributed by atoms with van der Waals surface area (Å²) in [6, 6.07) is 0. The predicted octanol–water partition coefficient (Wildman–Crippen LogP) is 3.00. The van der Waals surface area contributed by atoms with Gasteiger partial charge in [0.15, 0.2) is 11.5 Å². The Labute approximate surface area is 114 Å². The van der Waals surface area contributed by atoms with E-state index in [0.717, 1.165) is 12.8 Å². The lowest BCUT2D eigenvalue weighted by molar-refractivity contribution is -0.144. The zero-order chi connectivity index (χ0) is 14.8. The molecule has 2 aromatic rings. The van der Waals surface area contributed by atoms with E-state index in [0.29, 0.717) is 18.6 Å². The molecule has 110 valence electrons. The summed E-state index contributed by atoms with van der Waals surface area (Å²) in [6.45, 7) is 5.21. The highest BCUT2D eigenvalue weighted by Crippen LogP contribution is 2.30. The van der Waals surface area contributed by atoms with E-state index in [2.05, 4.69) is 19.9 Å². The van der Waals surface area contributed by atoms with Crippen LogP contribution in [0, 0.1) is 0 Å². The Kier molecular flexibility index (Phi) is 4.10. The average molecular weight is 287 g/mol. The zero-order valence-electron chi connectivity index (χ0n) is 11.3. The van der Waals surface area contributed by atoms with Gasteiger partial charge in [-0.2, -0.15) is 13.2 Å². The summed E-state index contributed by atoms with van der Waals surface area (Å²) in [5.41, 5.74) is 0.486. The first kappa shape index (κ1) is 14.5. The molecule has 0 radical (unpaired) electrons. The van der Waals surface area contributed by atoms with Gasteiger partial charge in [-0.1, -0.05) is 13.8 Å². The number of H-pyrrole nitrogens is 1. The molecule has 0 aliphatic heterocycles. The van der Waals surface area contributed by atoms with Gasteiger partial charge >= 0.3 is 6.18 Å². The highest BCUT2D eigenvalue weighted by Gasteiger charge is 2.36. The Hall–Kier alpha value is -1.86. The van der Waals surface area contributed by atoms with Crippen molar-refractivity contribution in [2.24, 2.45) is 0 Å². The first-order valence-corrected chi connectivity index (χ1v) is 6.50. The van der Waals surface area contributed by atoms with Gasteiger partial charge < -0.3 is 9.88 Å². The smallest absolute Gasteiger partial charge is 0.355 e. The van der Waals surface area contributed by atoms with Gasteiger partial charge in [0.2, 0.25) is 5.82 Å². The number of fused-ring (bicyclic) bond motifs is 1. The van der Waals surface area contributed by atoms with Crippen LogP contribution in [0.15, 0.2) is 6.33 Å². The largest absolute Gasteiger partial charge is 0.451 e. The maximum absolute atomic E-state index is 12.9. The van der Waals surface area contributed by atoms with E-state index in [1.165, 1.54) is 6.33 Å². The van der Waals surface area contributed by atoms with Crippen molar-refractivity contribution in [1.29, 1.82) is 0 Å². The van der Waals surface area contributed by atoms with Gasteiger partial charge in [0, 0.05) is 13.1 Å². The minimum Gasteiger partial charge on any atom is -0.355 e. The molecule has 0 amide bonds. The summed E-state index contributed by atoms with van der Waals surface area (Å²) in [5, 5.41) is 0. The van der Waals surface area contributed by atoms with Crippen molar-refractivity contribution in [2.75, 3.05) is 18.0 Å². The first-order chi connectivity index (χ1) is 9.47. The van der Waals surface area contributed by atoms with Crippen molar-refractivity contribution in [2.45, 2.75) is 32.9 Å². The second-order valence-corrected chi connectivity index (χ2v) is 4.46. The maximum atomic E-state index is 12.9. The summed E-state index contributed by atoms with van der Waals surface area (Å²) in [6.07, 6.45) is -1.60. The SMILES string of the molecule is CCCN(CCC)c1nc(C(F)(F)F)nc2nc[nH]c12. The molecular formula is C12H16F3N5. The van der Waals surface area contributed by atoms with Crippen molar-refractivity contribution in [3.05, 3.63) is 12.2 Å². The molecule has 0 bridgehead atoms. The second-order valence-electron chi connectivity index (χ2n) is 4.46. The number of rotatable bonds is 5. The summed E-state index contributed by atoms with van der Waals surface area (Å²) in [5.74, 6) is -0.882. The Balaban J connectivity index is 2.56. The molecule has 5 nitrogen and oxygen atoms in total. The van der Waals surface area contributed by atoms with E-state index in [9.17, 15) is 13.2 Å². The quantitative estimate of drug-likeness (QED) is 0.918. The lowest BCUT2D eigenvalue weighted by Crippen LogP contribution is -2.27. The van der Waals surface area contributed by atoms with Crippen molar-refractivity contribution in [3.63, 3.8) is 0 Å². The third kappa shape index (κ3) is 2.83. The summed E-state index contributed by atoms with van der Waals surface area (Å²) < 4.78 is 38.6. The number of aromatic amines is 1. The fraction of sp³-hybridized carbons (Fsp3) is 0.583. The molecule has 0 aromatic carbocycles. The summed E-state index contributed by atoms with van der Waals surface area (Å²) in [4.78, 5) is 15.6. The van der Waals surface area contributed by atoms with E-state index in [1.807, 2.05) is 18.7 Å². The van der Waals surface area contributed by atoms with E-state index < -0.39 is 12.0 Å². The minimum atomic E-state index is -4.58. The number of nitrogens with zero attached hydrogens (tertiary/aromatic N) is 4. The van der Waals surface area contributed by atoms with E-state index in [4.69, 9.17) is 0 Å². The molecule has 2 rings (SSSR count). The minimum absolute atomic E-state index is 0.0412. The Morgan fingerprint density at radius 3 is 2.35 bits per heavy atom. The van der Waals surface area contributed by atoms with Crippen molar-refractivity contribution in [1.82, 2.24) is 19.9 Å². The molecule has 0 atom stereocenters. The molecule has 1 N–H and O–H groups in total. The van der Waals surface area contributed by atoms with Crippen LogP contribution in [0.1, 0.15) is 32.5 Å². The monoisotopic (exact) mass is 287 g/mol. The van der Waals surface area contributed by atoms with Crippen LogP contribution >= 0.6 is 0 Å². The Bertz CT molecular complexity index is 572. The van der Waals surface area contributed by atoms with Gasteiger partial charge in [-0.3, -0.25) is 0 Å². The van der Waals surface area contributed by atoms with E-state index in [-0.39, 0.29) is 11.5 Å². The standard InChI is InChI=1S/C12H16F3N5/c1-3-5-20(6-4-2)10-8-9(17-7-16-8)18-11(19-10)12(13,14)15/h7H,3-6H2,1-2H3,(H,16,17,18,19). The average Bonchev–Trinajstić information content (AvgIpc) is 2.84. The van der Waals surface area contributed by atoms with Crippen LogP contribution in [-0.2, 0) is 6.18 Å². The van der Waals surface area contributed by atoms with Crippen LogP contribution in [0.5, 0.6) is 0 Å². The first-order valence-electron chi connectivity index (χ1n) is 6.50. The number of hydrogen-bond acceptors (Lipinski definition) is 4. The van der Waals surface area contributed by atoms with Crippen LogP contribution < -0.4 is 4.90 Å². The van der Waals surface area contributed by atoms with Gasteiger partial charge in [-0.25, -0.2) is 15.0 Å². The number of alkyl halides is 3. The van der Waals surface area contributed by atoms with Crippen LogP contribution in [0.2, 0.25) is 0 Å². The predicted molar refractivity (Wildman–Crippen MR) is 69.5 cm³/mol. The van der Waals surface area contributed by atoms with Crippen LogP contribution in [-0.4, -0.2) is 33.0 Å². The molecule has 2 aromatic heterocycles. The van der Waals surface area contributed by atoms with Crippen molar-refractivity contribution < 1.29 is 13.2 Å². The Morgan fingerprint density at radius 1 is 1.15 bits per heavy atom. The number of aromatic nitrogens is 4. The number of anilines is 1. The molecule has 0 aliphatic carbocycles. The molecule has 0 unspecified atom stereocenters. The molecule has 8 heteroatoms. The normalized spacial score (nSPS) is 12.1. The molecule has 2 heterocycles.